The van der Waals surface area contributed by atoms with Crippen LogP contribution in [0.1, 0.15) is 23.1 Å². The Morgan fingerprint density at radius 1 is 1.19 bits per heavy atom. The van der Waals surface area contributed by atoms with Crippen LogP contribution in [-0.4, -0.2) is 42.7 Å². The molecule has 1 aromatic carbocycles. The maximum absolute atomic E-state index is 13.2. The quantitative estimate of drug-likeness (QED) is 0.458. The van der Waals surface area contributed by atoms with E-state index >= 15 is 0 Å². The van der Waals surface area contributed by atoms with E-state index in [1.165, 1.54) is 0 Å². The van der Waals surface area contributed by atoms with E-state index < -0.39 is 0 Å². The topological polar surface area (TPSA) is 60.9 Å². The summed E-state index contributed by atoms with van der Waals surface area (Å²) in [4.78, 5) is 19.2. The van der Waals surface area contributed by atoms with E-state index in [9.17, 15) is 4.79 Å². The summed E-state index contributed by atoms with van der Waals surface area (Å²) in [5.41, 5.74) is 3.03. The van der Waals surface area contributed by atoms with Gasteiger partial charge in [0.15, 0.2) is 11.5 Å². The number of pyridine rings is 1. The first-order valence-electron chi connectivity index (χ1n) is 10.8. The van der Waals surface area contributed by atoms with Gasteiger partial charge in [-0.1, -0.05) is 12.1 Å². The van der Waals surface area contributed by atoms with Crippen LogP contribution in [0.15, 0.2) is 59.6 Å². The lowest BCUT2D eigenvalue weighted by atomic mass is 10.1. The van der Waals surface area contributed by atoms with Crippen LogP contribution in [0.25, 0.3) is 0 Å². The van der Waals surface area contributed by atoms with E-state index in [0.717, 1.165) is 36.3 Å². The lowest BCUT2D eigenvalue weighted by Crippen LogP contribution is -2.31. The van der Waals surface area contributed by atoms with Crippen molar-refractivity contribution in [3.05, 3.63) is 76.2 Å². The van der Waals surface area contributed by atoms with Crippen LogP contribution in [0.5, 0.6) is 11.5 Å². The zero-order chi connectivity index (χ0) is 22.2. The Hall–Kier alpha value is -2.90. The number of nitrogens with zero attached hydrogens (tertiary/aromatic N) is 2. The SMILES string of the molecule is COc1ccc(CN(Cc2cccnc2)C(=O)Cc2ccsc2)cc1OCC1CCOC1. The van der Waals surface area contributed by atoms with Gasteiger partial charge in [-0.3, -0.25) is 9.78 Å². The van der Waals surface area contributed by atoms with E-state index in [1.54, 1.807) is 30.8 Å². The Morgan fingerprint density at radius 2 is 2.09 bits per heavy atom. The van der Waals surface area contributed by atoms with Gasteiger partial charge in [-0.2, -0.15) is 11.3 Å². The van der Waals surface area contributed by atoms with E-state index in [2.05, 4.69) is 4.98 Å². The normalized spacial score (nSPS) is 15.5. The zero-order valence-corrected chi connectivity index (χ0v) is 19.1. The number of thiophene rings is 1. The molecular weight excluding hydrogens is 424 g/mol. The van der Waals surface area contributed by atoms with Crippen LogP contribution in [0.3, 0.4) is 0 Å². The van der Waals surface area contributed by atoms with Crippen molar-refractivity contribution in [3.8, 4) is 11.5 Å². The fourth-order valence-corrected chi connectivity index (χ4v) is 4.37. The molecule has 32 heavy (non-hydrogen) atoms. The number of amides is 1. The first-order chi connectivity index (χ1) is 15.7. The number of carbonyl (C=O) groups excluding carboxylic acids is 1. The van der Waals surface area contributed by atoms with Gasteiger partial charge in [0.05, 0.1) is 26.7 Å². The van der Waals surface area contributed by atoms with Crippen LogP contribution in [-0.2, 0) is 29.0 Å². The molecule has 1 fully saturated rings. The Bertz CT molecular complexity index is 988. The molecule has 0 aliphatic carbocycles. The molecular formula is C25H28N2O4S. The van der Waals surface area contributed by atoms with E-state index in [0.29, 0.717) is 43.5 Å². The highest BCUT2D eigenvalue weighted by Crippen LogP contribution is 2.30. The second kappa shape index (κ2) is 11.1. The Balaban J connectivity index is 1.50. The van der Waals surface area contributed by atoms with E-state index in [1.807, 2.05) is 52.1 Å². The molecule has 1 amide bonds. The summed E-state index contributed by atoms with van der Waals surface area (Å²) in [5, 5.41) is 4.02. The first-order valence-corrected chi connectivity index (χ1v) is 11.7. The molecule has 0 bridgehead atoms. The maximum atomic E-state index is 13.2. The molecule has 0 N–H and O–H groups in total. The highest BCUT2D eigenvalue weighted by Gasteiger charge is 2.19. The standard InChI is InChI=1S/C25H28N2O4S/c1-29-23-5-4-19(11-24(23)31-17-22-6-9-30-16-22)14-27(15-21-3-2-8-26-13-21)25(28)12-20-7-10-32-18-20/h2-5,7-8,10-11,13,18,22H,6,9,12,14-17H2,1H3. The molecule has 0 spiro atoms. The zero-order valence-electron chi connectivity index (χ0n) is 18.2. The summed E-state index contributed by atoms with van der Waals surface area (Å²) in [6, 6.07) is 11.7. The molecule has 1 aliphatic rings. The third kappa shape index (κ3) is 6.08. The molecule has 6 nitrogen and oxygen atoms in total. The van der Waals surface area contributed by atoms with Crippen molar-refractivity contribution in [3.63, 3.8) is 0 Å². The Labute approximate surface area is 192 Å². The molecule has 1 unspecified atom stereocenters. The average Bonchev–Trinajstić information content (AvgIpc) is 3.52. The minimum Gasteiger partial charge on any atom is -0.493 e. The first kappa shape index (κ1) is 22.3. The summed E-state index contributed by atoms with van der Waals surface area (Å²) < 4.78 is 17.0. The third-order valence-corrected chi connectivity index (χ3v) is 6.22. The van der Waals surface area contributed by atoms with Gasteiger partial charge in [-0.25, -0.2) is 0 Å². The summed E-state index contributed by atoms with van der Waals surface area (Å²) in [6.45, 7) is 3.10. The van der Waals surface area contributed by atoms with E-state index in [4.69, 9.17) is 14.2 Å². The summed E-state index contributed by atoms with van der Waals surface area (Å²) in [6.07, 6.45) is 4.93. The van der Waals surface area contributed by atoms with Gasteiger partial charge in [-0.15, -0.1) is 0 Å². The highest BCUT2D eigenvalue weighted by molar-refractivity contribution is 7.08. The van der Waals surface area contributed by atoms with Crippen molar-refractivity contribution in [1.82, 2.24) is 9.88 Å². The van der Waals surface area contributed by atoms with Gasteiger partial charge in [0.25, 0.3) is 0 Å². The smallest absolute Gasteiger partial charge is 0.227 e. The van der Waals surface area contributed by atoms with Crippen molar-refractivity contribution in [2.75, 3.05) is 26.9 Å². The Morgan fingerprint density at radius 3 is 2.81 bits per heavy atom. The van der Waals surface area contributed by atoms with Gasteiger partial charge >= 0.3 is 0 Å². The largest absolute Gasteiger partial charge is 0.493 e. The van der Waals surface area contributed by atoms with Gasteiger partial charge in [0.2, 0.25) is 5.91 Å². The highest BCUT2D eigenvalue weighted by atomic mass is 32.1. The molecule has 4 rings (SSSR count). The number of benzene rings is 1. The number of methoxy groups -OCH3 is 1. The second-order valence-corrected chi connectivity index (χ2v) is 8.73. The molecule has 3 aromatic rings. The number of aromatic nitrogens is 1. The summed E-state index contributed by atoms with van der Waals surface area (Å²) in [5.74, 6) is 1.87. The molecule has 2 aromatic heterocycles. The number of carbonyl (C=O) groups is 1. The fraction of sp³-hybridized carbons (Fsp3) is 0.360. The molecule has 3 heterocycles. The maximum Gasteiger partial charge on any atom is 0.227 e. The van der Waals surface area contributed by atoms with E-state index in [-0.39, 0.29) is 5.91 Å². The second-order valence-electron chi connectivity index (χ2n) is 7.95. The van der Waals surface area contributed by atoms with Crippen LogP contribution < -0.4 is 9.47 Å². The number of hydrogen-bond acceptors (Lipinski definition) is 6. The van der Waals surface area contributed by atoms with Crippen LogP contribution in [0.4, 0.5) is 0 Å². The number of hydrogen-bond donors (Lipinski definition) is 0. The summed E-state index contributed by atoms with van der Waals surface area (Å²) >= 11 is 1.60. The average molecular weight is 453 g/mol. The van der Waals surface area contributed by atoms with Gasteiger partial charge in [-0.05, 0) is 58.1 Å². The molecule has 1 atom stereocenters. The lowest BCUT2D eigenvalue weighted by molar-refractivity contribution is -0.131. The molecule has 1 saturated heterocycles. The molecule has 0 saturated carbocycles. The Kier molecular flexibility index (Phi) is 7.74. The van der Waals surface area contributed by atoms with Crippen LogP contribution in [0, 0.1) is 5.92 Å². The van der Waals surface area contributed by atoms with Gasteiger partial charge < -0.3 is 19.1 Å². The molecule has 168 valence electrons. The lowest BCUT2D eigenvalue weighted by Gasteiger charge is -2.24. The monoisotopic (exact) mass is 452 g/mol. The third-order valence-electron chi connectivity index (χ3n) is 5.48. The molecule has 0 radical (unpaired) electrons. The molecule has 1 aliphatic heterocycles. The van der Waals surface area contributed by atoms with Crippen LogP contribution in [0.2, 0.25) is 0 Å². The van der Waals surface area contributed by atoms with Crippen molar-refractivity contribution < 1.29 is 19.0 Å². The van der Waals surface area contributed by atoms with Crippen LogP contribution >= 0.6 is 11.3 Å². The fourth-order valence-electron chi connectivity index (χ4n) is 3.70. The van der Waals surface area contributed by atoms with Gasteiger partial charge in [0.1, 0.15) is 0 Å². The van der Waals surface area contributed by atoms with Crippen molar-refractivity contribution >= 4 is 17.2 Å². The van der Waals surface area contributed by atoms with Crippen molar-refractivity contribution in [2.24, 2.45) is 5.92 Å². The number of ether oxygens (including phenoxy) is 3. The van der Waals surface area contributed by atoms with Crippen molar-refractivity contribution in [1.29, 1.82) is 0 Å². The number of rotatable bonds is 10. The van der Waals surface area contributed by atoms with Crippen molar-refractivity contribution in [2.45, 2.75) is 25.9 Å². The predicted octanol–water partition coefficient (Wildman–Crippen LogP) is 4.34. The van der Waals surface area contributed by atoms with Gasteiger partial charge in [0, 0.05) is 38.0 Å². The predicted molar refractivity (Wildman–Crippen MR) is 124 cm³/mol. The minimum atomic E-state index is 0.0774. The summed E-state index contributed by atoms with van der Waals surface area (Å²) in [7, 11) is 1.64. The molecule has 7 heteroatoms. The minimum absolute atomic E-state index is 0.0774.